The highest BCUT2D eigenvalue weighted by molar-refractivity contribution is 7.80. The van der Waals surface area contributed by atoms with Crippen molar-refractivity contribution in [2.45, 2.75) is 76.2 Å². The summed E-state index contributed by atoms with van der Waals surface area (Å²) >= 11 is -1.60. The molecule has 0 radical (unpaired) electrons. The molecule has 4 nitrogen and oxygen atoms in total. The summed E-state index contributed by atoms with van der Waals surface area (Å²) in [6.45, 7) is 6.59. The fourth-order valence-electron chi connectivity index (χ4n) is 7.55. The van der Waals surface area contributed by atoms with Gasteiger partial charge in [-0.2, -0.15) is 0 Å². The number of ketones is 2. The maximum absolute atomic E-state index is 13.5. The van der Waals surface area contributed by atoms with E-state index in [1.54, 1.807) is 0 Å². The molecule has 0 aromatic heterocycles. The lowest BCUT2D eigenvalue weighted by molar-refractivity contribution is -0.175. The molecule has 1 unspecified atom stereocenters. The van der Waals surface area contributed by atoms with Gasteiger partial charge in [-0.3, -0.25) is 13.8 Å². The Hall–Kier alpha value is -1.59. The molecule has 0 bridgehead atoms. The van der Waals surface area contributed by atoms with E-state index >= 15 is 0 Å². The number of benzene rings is 1. The van der Waals surface area contributed by atoms with E-state index in [-0.39, 0.29) is 34.4 Å². The zero-order valence-corrected chi connectivity index (χ0v) is 19.5. The lowest BCUT2D eigenvalue weighted by atomic mass is 9.43. The molecule has 5 heteroatoms. The third-order valence-electron chi connectivity index (χ3n) is 9.30. The summed E-state index contributed by atoms with van der Waals surface area (Å²) < 4.78 is 20.2. The maximum Gasteiger partial charge on any atom is 0.189 e. The number of hydrogen-bond acceptors (Lipinski definition) is 4. The maximum atomic E-state index is 13.5. The molecule has 0 heterocycles. The van der Waals surface area contributed by atoms with Gasteiger partial charge in [-0.1, -0.05) is 44.5 Å². The predicted molar refractivity (Wildman–Crippen MR) is 119 cm³/mol. The Labute approximate surface area is 187 Å². The molecule has 3 fully saturated rings. The highest BCUT2D eigenvalue weighted by Gasteiger charge is 2.69. The number of carbonyl (C=O) groups excluding carboxylic acids is 2. The minimum atomic E-state index is -1.60. The van der Waals surface area contributed by atoms with Crippen molar-refractivity contribution >= 4 is 22.6 Å². The molecule has 1 aromatic rings. The van der Waals surface area contributed by atoms with Gasteiger partial charge in [-0.25, -0.2) is 4.21 Å². The van der Waals surface area contributed by atoms with Gasteiger partial charge in [0.2, 0.25) is 0 Å². The minimum Gasteiger partial charge on any atom is -0.299 e. The van der Waals surface area contributed by atoms with E-state index in [1.807, 2.05) is 36.4 Å². The van der Waals surface area contributed by atoms with Crippen molar-refractivity contribution in [3.63, 3.8) is 0 Å². The van der Waals surface area contributed by atoms with E-state index < -0.39 is 16.7 Å². The standard InChI is InChI=1S/C26H32O4S/c1-17-15-22-20-9-10-23(28)24(20,2)13-14-26(22,25(3)12-11-18(27)16-21(17)25)30-31(29)19-7-5-4-6-8-19/h4-8,16-17,20,22H,9-15H2,1-3H3/t17-,20-,22-,24-,25-,26+,31?/m0/s1. The Bertz CT molecular complexity index is 984. The van der Waals surface area contributed by atoms with E-state index in [9.17, 15) is 13.8 Å². The second-order valence-electron chi connectivity index (χ2n) is 10.6. The SMILES string of the molecule is C[C@H]1C[C@H]2[C@@H]3CCC(=O)[C@@]3(C)CC[C@]2(OS(=O)c2ccccc2)[C@@]2(C)CCC(=O)C=C12. The molecular weight excluding hydrogens is 408 g/mol. The third kappa shape index (κ3) is 2.92. The van der Waals surface area contributed by atoms with Gasteiger partial charge >= 0.3 is 0 Å². The molecule has 4 aliphatic rings. The molecule has 31 heavy (non-hydrogen) atoms. The van der Waals surface area contributed by atoms with Crippen LogP contribution in [0.4, 0.5) is 0 Å². The van der Waals surface area contributed by atoms with Crippen molar-refractivity contribution < 1.29 is 18.0 Å². The predicted octanol–water partition coefficient (Wildman–Crippen LogP) is 5.20. The van der Waals surface area contributed by atoms with Crippen molar-refractivity contribution in [1.82, 2.24) is 0 Å². The van der Waals surface area contributed by atoms with Crippen LogP contribution >= 0.6 is 0 Å². The number of hydrogen-bond donors (Lipinski definition) is 0. The molecule has 166 valence electrons. The number of rotatable bonds is 3. The van der Waals surface area contributed by atoms with Gasteiger partial charge in [0.05, 0.1) is 10.5 Å². The van der Waals surface area contributed by atoms with Crippen molar-refractivity contribution in [2.24, 2.45) is 28.6 Å². The summed E-state index contributed by atoms with van der Waals surface area (Å²) in [5.74, 6) is 1.25. The van der Waals surface area contributed by atoms with E-state index in [0.717, 1.165) is 31.3 Å². The second kappa shape index (κ2) is 7.21. The van der Waals surface area contributed by atoms with Crippen molar-refractivity contribution in [3.8, 4) is 0 Å². The molecule has 0 N–H and O–H groups in total. The first-order valence-corrected chi connectivity index (χ1v) is 12.7. The topological polar surface area (TPSA) is 60.4 Å². The van der Waals surface area contributed by atoms with Crippen LogP contribution < -0.4 is 0 Å². The van der Waals surface area contributed by atoms with Crippen LogP contribution in [0, 0.1) is 28.6 Å². The molecule has 0 amide bonds. The molecule has 4 aliphatic carbocycles. The molecule has 7 atom stereocenters. The lowest BCUT2D eigenvalue weighted by Gasteiger charge is -2.64. The third-order valence-corrected chi connectivity index (χ3v) is 10.4. The van der Waals surface area contributed by atoms with Gasteiger partial charge in [0.15, 0.2) is 16.9 Å². The zero-order chi connectivity index (χ0) is 22.0. The first-order valence-electron chi connectivity index (χ1n) is 11.7. The van der Waals surface area contributed by atoms with Crippen molar-refractivity contribution in [3.05, 3.63) is 42.0 Å². The van der Waals surface area contributed by atoms with Crippen molar-refractivity contribution in [2.75, 3.05) is 0 Å². The smallest absolute Gasteiger partial charge is 0.189 e. The van der Waals surface area contributed by atoms with E-state index in [1.165, 1.54) is 0 Å². The first-order chi connectivity index (χ1) is 14.7. The van der Waals surface area contributed by atoms with Gasteiger partial charge < -0.3 is 0 Å². The summed E-state index contributed by atoms with van der Waals surface area (Å²) in [5, 5.41) is 0. The molecule has 0 spiro atoms. The molecule has 0 aliphatic heterocycles. The van der Waals surface area contributed by atoms with E-state index in [0.29, 0.717) is 29.9 Å². The van der Waals surface area contributed by atoms with Gasteiger partial charge in [0.25, 0.3) is 0 Å². The quantitative estimate of drug-likeness (QED) is 0.648. The van der Waals surface area contributed by atoms with E-state index in [2.05, 4.69) is 20.8 Å². The summed E-state index contributed by atoms with van der Waals surface area (Å²) in [6.07, 6.45) is 6.98. The first kappa shape index (κ1) is 21.3. The monoisotopic (exact) mass is 440 g/mol. The normalized spacial score (nSPS) is 42.9. The van der Waals surface area contributed by atoms with Crippen LogP contribution in [0.25, 0.3) is 0 Å². The number of carbonyl (C=O) groups is 2. The van der Waals surface area contributed by atoms with Crippen molar-refractivity contribution in [1.29, 1.82) is 0 Å². The Morgan fingerprint density at radius 2 is 1.74 bits per heavy atom. The molecule has 3 saturated carbocycles. The highest BCUT2D eigenvalue weighted by Crippen LogP contribution is 2.68. The summed E-state index contributed by atoms with van der Waals surface area (Å²) in [6, 6.07) is 9.38. The Morgan fingerprint density at radius 3 is 2.48 bits per heavy atom. The van der Waals surface area contributed by atoms with Crippen LogP contribution in [0.15, 0.2) is 46.9 Å². The van der Waals surface area contributed by atoms with Gasteiger partial charge in [0, 0.05) is 23.7 Å². The Balaban J connectivity index is 1.64. The fourth-order valence-corrected chi connectivity index (χ4v) is 8.68. The molecular formula is C26H32O4S. The van der Waals surface area contributed by atoms with Crippen LogP contribution in [0.5, 0.6) is 0 Å². The summed E-state index contributed by atoms with van der Waals surface area (Å²) in [7, 11) is 0. The molecule has 0 saturated heterocycles. The Morgan fingerprint density at radius 1 is 1.00 bits per heavy atom. The minimum absolute atomic E-state index is 0.163. The molecule has 1 aromatic carbocycles. The van der Waals surface area contributed by atoms with Crippen LogP contribution in [0.3, 0.4) is 0 Å². The Kier molecular flexibility index (Phi) is 4.95. The lowest BCUT2D eigenvalue weighted by Crippen LogP contribution is -2.65. The summed E-state index contributed by atoms with van der Waals surface area (Å²) in [5.41, 5.74) is -0.103. The van der Waals surface area contributed by atoms with Gasteiger partial charge in [0.1, 0.15) is 5.78 Å². The van der Waals surface area contributed by atoms with Gasteiger partial charge in [-0.15, -0.1) is 0 Å². The molecule has 5 rings (SSSR count). The largest absolute Gasteiger partial charge is 0.299 e. The average Bonchev–Trinajstić information content (AvgIpc) is 3.06. The van der Waals surface area contributed by atoms with Crippen LogP contribution in [-0.4, -0.2) is 21.4 Å². The fraction of sp³-hybridized carbons (Fsp3) is 0.615. The van der Waals surface area contributed by atoms with E-state index in [4.69, 9.17) is 4.18 Å². The van der Waals surface area contributed by atoms with Crippen LogP contribution in [0.2, 0.25) is 0 Å². The zero-order valence-electron chi connectivity index (χ0n) is 18.7. The number of Topliss-reactive ketones (excluding diaryl/α,β-unsaturated/α-hetero) is 1. The van der Waals surface area contributed by atoms with Gasteiger partial charge in [-0.05, 0) is 68.1 Å². The van der Waals surface area contributed by atoms with Crippen LogP contribution in [-0.2, 0) is 24.9 Å². The number of fused-ring (bicyclic) bond motifs is 5. The summed E-state index contributed by atoms with van der Waals surface area (Å²) in [4.78, 5) is 25.9. The average molecular weight is 441 g/mol. The van der Waals surface area contributed by atoms with Crippen LogP contribution in [0.1, 0.15) is 65.7 Å². The highest BCUT2D eigenvalue weighted by atomic mass is 32.2. The second-order valence-corrected chi connectivity index (χ2v) is 11.8.